The first-order chi connectivity index (χ1) is 17.0. The third-order valence-corrected chi connectivity index (χ3v) is 6.13. The smallest absolute Gasteiger partial charge is 0.261 e. The van der Waals surface area contributed by atoms with Gasteiger partial charge in [0.15, 0.2) is 6.61 Å². The van der Waals surface area contributed by atoms with Crippen LogP contribution in [-0.2, 0) is 22.6 Å². The van der Waals surface area contributed by atoms with Crippen LogP contribution >= 0.6 is 11.6 Å². The first-order valence-corrected chi connectivity index (χ1v) is 12.4. The van der Waals surface area contributed by atoms with E-state index in [1.165, 1.54) is 0 Å². The van der Waals surface area contributed by atoms with E-state index in [2.05, 4.69) is 12.2 Å². The lowest BCUT2D eigenvalue weighted by atomic mass is 10.0. The van der Waals surface area contributed by atoms with Crippen LogP contribution in [0.15, 0.2) is 78.9 Å². The van der Waals surface area contributed by atoms with Crippen molar-refractivity contribution >= 4 is 23.4 Å². The number of halogens is 1. The third-order valence-electron chi connectivity index (χ3n) is 5.88. The summed E-state index contributed by atoms with van der Waals surface area (Å²) in [6.07, 6.45) is 2.27. The molecule has 35 heavy (non-hydrogen) atoms. The topological polar surface area (TPSA) is 58.6 Å². The highest BCUT2D eigenvalue weighted by Crippen LogP contribution is 2.19. The molecule has 1 atom stereocenters. The Morgan fingerprint density at radius 1 is 0.971 bits per heavy atom. The second-order valence-corrected chi connectivity index (χ2v) is 8.98. The predicted octanol–water partition coefficient (Wildman–Crippen LogP) is 5.58. The number of carbonyl (C=O) groups excluding carboxylic acids is 2. The van der Waals surface area contributed by atoms with Gasteiger partial charge >= 0.3 is 0 Å². The van der Waals surface area contributed by atoms with Gasteiger partial charge in [0.1, 0.15) is 11.8 Å². The summed E-state index contributed by atoms with van der Waals surface area (Å²) in [4.78, 5) is 28.6. The van der Waals surface area contributed by atoms with Gasteiger partial charge in [-0.3, -0.25) is 9.59 Å². The molecule has 0 fully saturated rings. The van der Waals surface area contributed by atoms with Crippen molar-refractivity contribution < 1.29 is 14.3 Å². The van der Waals surface area contributed by atoms with Crippen molar-refractivity contribution in [3.05, 3.63) is 101 Å². The normalized spacial score (nSPS) is 11.5. The van der Waals surface area contributed by atoms with Gasteiger partial charge in [0.05, 0.1) is 0 Å². The second kappa shape index (κ2) is 13.5. The fourth-order valence-electron chi connectivity index (χ4n) is 3.79. The monoisotopic (exact) mass is 492 g/mol. The molecule has 0 aliphatic rings. The lowest BCUT2D eigenvalue weighted by molar-refractivity contribution is -0.142. The molecule has 0 radical (unpaired) electrons. The molecule has 0 saturated heterocycles. The highest BCUT2D eigenvalue weighted by Gasteiger charge is 2.30. The van der Waals surface area contributed by atoms with E-state index in [1.54, 1.807) is 29.2 Å². The van der Waals surface area contributed by atoms with E-state index in [-0.39, 0.29) is 18.4 Å². The Morgan fingerprint density at radius 3 is 2.34 bits per heavy atom. The van der Waals surface area contributed by atoms with Crippen molar-refractivity contribution in [2.45, 2.75) is 45.7 Å². The van der Waals surface area contributed by atoms with Gasteiger partial charge in [0.2, 0.25) is 5.91 Å². The van der Waals surface area contributed by atoms with E-state index in [9.17, 15) is 9.59 Å². The van der Waals surface area contributed by atoms with Crippen LogP contribution in [0.2, 0.25) is 5.02 Å². The van der Waals surface area contributed by atoms with Crippen molar-refractivity contribution in [1.29, 1.82) is 0 Å². The fraction of sp³-hybridized carbons (Fsp3) is 0.310. The van der Waals surface area contributed by atoms with Crippen molar-refractivity contribution in [3.63, 3.8) is 0 Å². The lowest BCUT2D eigenvalue weighted by Crippen LogP contribution is -2.52. The Bertz CT molecular complexity index is 1090. The summed E-state index contributed by atoms with van der Waals surface area (Å²) in [5.41, 5.74) is 3.05. The molecule has 0 aliphatic heterocycles. The number of nitrogens with one attached hydrogen (secondary N) is 1. The Kier molecular flexibility index (Phi) is 10.2. The van der Waals surface area contributed by atoms with Gasteiger partial charge in [-0.05, 0) is 54.3 Å². The summed E-state index contributed by atoms with van der Waals surface area (Å²) in [5.74, 6) is 0.135. The number of nitrogens with zero attached hydrogens (tertiary/aromatic N) is 1. The summed E-state index contributed by atoms with van der Waals surface area (Å²) in [6.45, 7) is 4.80. The molecule has 1 N–H and O–H groups in total. The summed E-state index contributed by atoms with van der Waals surface area (Å²) in [6, 6.07) is 23.9. The van der Waals surface area contributed by atoms with Gasteiger partial charge in [-0.15, -0.1) is 0 Å². The van der Waals surface area contributed by atoms with E-state index >= 15 is 0 Å². The van der Waals surface area contributed by atoms with Crippen molar-refractivity contribution in [2.75, 3.05) is 13.2 Å². The quantitative estimate of drug-likeness (QED) is 0.335. The molecule has 0 heterocycles. The first-order valence-electron chi connectivity index (χ1n) is 12.0. The predicted molar refractivity (Wildman–Crippen MR) is 141 cm³/mol. The minimum atomic E-state index is -0.671. The highest BCUT2D eigenvalue weighted by atomic mass is 35.5. The van der Waals surface area contributed by atoms with Gasteiger partial charge in [-0.1, -0.05) is 79.5 Å². The molecular formula is C29H33ClN2O3. The zero-order chi connectivity index (χ0) is 25.0. The Morgan fingerprint density at radius 2 is 1.66 bits per heavy atom. The molecule has 3 rings (SSSR count). The summed E-state index contributed by atoms with van der Waals surface area (Å²) < 4.78 is 5.77. The average molecular weight is 493 g/mol. The Balaban J connectivity index is 1.88. The number of aryl methyl sites for hydroxylation is 1. The minimum Gasteiger partial charge on any atom is -0.484 e. The molecule has 0 aliphatic carbocycles. The number of unbranched alkanes of at least 4 members (excludes halogenated alkanes) is 1. The second-order valence-electron chi connectivity index (χ2n) is 8.54. The summed E-state index contributed by atoms with van der Waals surface area (Å²) >= 11 is 5.96. The third kappa shape index (κ3) is 8.15. The molecular weight excluding hydrogens is 460 g/mol. The summed E-state index contributed by atoms with van der Waals surface area (Å²) in [5, 5.41) is 3.63. The van der Waals surface area contributed by atoms with Crippen LogP contribution < -0.4 is 10.1 Å². The molecule has 3 aromatic carbocycles. The van der Waals surface area contributed by atoms with Gasteiger partial charge < -0.3 is 15.0 Å². The fourth-order valence-corrected chi connectivity index (χ4v) is 3.92. The molecule has 0 saturated carbocycles. The van der Waals surface area contributed by atoms with Gasteiger partial charge in [-0.2, -0.15) is 0 Å². The highest BCUT2D eigenvalue weighted by molar-refractivity contribution is 6.30. The number of hydrogen-bond acceptors (Lipinski definition) is 3. The molecule has 1 unspecified atom stereocenters. The van der Waals surface area contributed by atoms with Crippen molar-refractivity contribution in [3.8, 4) is 5.75 Å². The van der Waals surface area contributed by atoms with Gasteiger partial charge in [0, 0.05) is 24.5 Å². The Hall–Kier alpha value is -3.31. The zero-order valence-corrected chi connectivity index (χ0v) is 21.1. The van der Waals surface area contributed by atoms with E-state index < -0.39 is 6.04 Å². The van der Waals surface area contributed by atoms with Gasteiger partial charge in [0.25, 0.3) is 5.91 Å². The van der Waals surface area contributed by atoms with Crippen LogP contribution in [0.25, 0.3) is 0 Å². The number of rotatable bonds is 12. The average Bonchev–Trinajstić information content (AvgIpc) is 2.87. The van der Waals surface area contributed by atoms with Crippen LogP contribution in [0.1, 0.15) is 36.5 Å². The van der Waals surface area contributed by atoms with Crippen LogP contribution in [0.3, 0.4) is 0 Å². The van der Waals surface area contributed by atoms with E-state index in [4.69, 9.17) is 16.3 Å². The maximum absolute atomic E-state index is 13.6. The molecule has 0 bridgehead atoms. The molecule has 6 heteroatoms. The van der Waals surface area contributed by atoms with Crippen LogP contribution in [-0.4, -0.2) is 35.9 Å². The van der Waals surface area contributed by atoms with Crippen LogP contribution in [0, 0.1) is 6.92 Å². The van der Waals surface area contributed by atoms with Crippen molar-refractivity contribution in [1.82, 2.24) is 10.2 Å². The lowest BCUT2D eigenvalue weighted by Gasteiger charge is -2.32. The molecule has 5 nitrogen and oxygen atoms in total. The SMILES string of the molecule is CCCCNC(=O)C(Cc1ccccc1)N(Cc1ccccc1C)C(=O)COc1ccc(Cl)cc1. The number of carbonyl (C=O) groups is 2. The molecule has 0 spiro atoms. The van der Waals surface area contributed by atoms with E-state index in [0.29, 0.717) is 30.3 Å². The van der Waals surface area contributed by atoms with E-state index in [1.807, 2.05) is 61.5 Å². The summed E-state index contributed by atoms with van der Waals surface area (Å²) in [7, 11) is 0. The molecule has 3 aromatic rings. The number of benzene rings is 3. The number of hydrogen-bond donors (Lipinski definition) is 1. The maximum atomic E-state index is 13.6. The molecule has 184 valence electrons. The zero-order valence-electron chi connectivity index (χ0n) is 20.4. The standard InChI is InChI=1S/C29H33ClN2O3/c1-3-4-18-31-29(34)27(19-23-11-6-5-7-12-23)32(20-24-13-9-8-10-22(24)2)28(33)21-35-26-16-14-25(30)15-17-26/h5-17,27H,3-4,18-21H2,1-2H3,(H,31,34). The number of ether oxygens (including phenoxy) is 1. The van der Waals surface area contributed by atoms with E-state index in [0.717, 1.165) is 29.5 Å². The Labute approximate surface area is 213 Å². The van der Waals surface area contributed by atoms with Crippen molar-refractivity contribution in [2.24, 2.45) is 0 Å². The first kappa shape index (κ1) is 26.3. The van der Waals surface area contributed by atoms with Gasteiger partial charge in [-0.25, -0.2) is 0 Å². The number of amides is 2. The molecule has 2 amide bonds. The maximum Gasteiger partial charge on any atom is 0.261 e. The van der Waals surface area contributed by atoms with Crippen LogP contribution in [0.5, 0.6) is 5.75 Å². The minimum absolute atomic E-state index is 0.157. The van der Waals surface area contributed by atoms with Crippen LogP contribution in [0.4, 0.5) is 0 Å². The largest absolute Gasteiger partial charge is 0.484 e. The molecule has 0 aromatic heterocycles.